The van der Waals surface area contributed by atoms with Gasteiger partial charge in [-0.05, 0) is 62.3 Å². The molecule has 1 aliphatic heterocycles. The van der Waals surface area contributed by atoms with Crippen molar-refractivity contribution >= 4 is 28.9 Å². The summed E-state index contributed by atoms with van der Waals surface area (Å²) in [7, 11) is 0. The molecule has 2 aliphatic rings. The van der Waals surface area contributed by atoms with Gasteiger partial charge in [-0.1, -0.05) is 0 Å². The number of fused-ring (bicyclic) bond motifs is 1. The van der Waals surface area contributed by atoms with Crippen LogP contribution in [-0.2, 0) is 16.1 Å². The molecule has 6 rings (SSSR count). The van der Waals surface area contributed by atoms with Gasteiger partial charge in [-0.15, -0.1) is 0 Å². The minimum absolute atomic E-state index is 0.00787. The number of hydrogen-bond acceptors (Lipinski definition) is 9. The van der Waals surface area contributed by atoms with Crippen molar-refractivity contribution in [3.63, 3.8) is 0 Å². The molecule has 12 nitrogen and oxygen atoms in total. The van der Waals surface area contributed by atoms with E-state index < -0.39 is 17.7 Å². The number of pyridine rings is 2. The highest BCUT2D eigenvalue weighted by molar-refractivity contribution is 5.93. The first kappa shape index (κ1) is 29.4. The standard InChI is InChI=1S/C30H32F2N8O4/c31-18-10-22-23(14-35-26(22)34-12-18)27-36-15-24(32)28(40-27)38-19-3-1-4-20(11-19)39-29(41)25-9-17(6-7-33-25)16-44-30(42)37-13-21-5-2-8-43-21/h6-7,9-10,12,14-15,19-21H,1-5,8,11,13,16H2,(H,34,35)(H,37,42)(H,39,41)(H,36,38,40)/t19-,20+,21?/m1/s1. The van der Waals surface area contributed by atoms with Gasteiger partial charge in [-0.3, -0.25) is 9.78 Å². The molecule has 1 unspecified atom stereocenters. The zero-order valence-electron chi connectivity index (χ0n) is 23.8. The first-order valence-electron chi connectivity index (χ1n) is 14.6. The fourth-order valence-electron chi connectivity index (χ4n) is 5.56. The summed E-state index contributed by atoms with van der Waals surface area (Å²) in [5.74, 6) is -1.22. The van der Waals surface area contributed by atoms with Crippen molar-refractivity contribution < 1.29 is 27.8 Å². The third-order valence-corrected chi connectivity index (χ3v) is 7.76. The van der Waals surface area contributed by atoms with Crippen molar-refractivity contribution in [2.45, 2.75) is 63.3 Å². The van der Waals surface area contributed by atoms with Crippen LogP contribution in [0.4, 0.5) is 19.4 Å². The van der Waals surface area contributed by atoms with Gasteiger partial charge in [0.05, 0.1) is 18.5 Å². The van der Waals surface area contributed by atoms with Crippen molar-refractivity contribution in [1.82, 2.24) is 35.6 Å². The van der Waals surface area contributed by atoms with Crippen molar-refractivity contribution in [3.05, 3.63) is 65.9 Å². The maximum atomic E-state index is 14.8. The number of aromatic amines is 1. The number of rotatable bonds is 9. The molecule has 4 N–H and O–H groups in total. The van der Waals surface area contributed by atoms with Gasteiger partial charge in [-0.2, -0.15) is 0 Å². The Hall–Kier alpha value is -4.72. The Morgan fingerprint density at radius 3 is 2.82 bits per heavy atom. The molecular formula is C30H32F2N8O4. The van der Waals surface area contributed by atoms with Gasteiger partial charge < -0.3 is 30.4 Å². The second kappa shape index (κ2) is 13.3. The monoisotopic (exact) mass is 606 g/mol. The zero-order chi connectivity index (χ0) is 30.5. The Bertz CT molecular complexity index is 1640. The molecule has 44 heavy (non-hydrogen) atoms. The van der Waals surface area contributed by atoms with Crippen LogP contribution in [0, 0.1) is 11.6 Å². The Kier molecular flexibility index (Phi) is 8.86. The third kappa shape index (κ3) is 7.08. The highest BCUT2D eigenvalue weighted by Crippen LogP contribution is 2.28. The van der Waals surface area contributed by atoms with Crippen molar-refractivity contribution in [1.29, 1.82) is 0 Å². The highest BCUT2D eigenvalue weighted by Gasteiger charge is 2.26. The molecule has 230 valence electrons. The lowest BCUT2D eigenvalue weighted by molar-refractivity contribution is 0.0920. The van der Waals surface area contributed by atoms with Gasteiger partial charge in [0.2, 0.25) is 0 Å². The number of alkyl carbamates (subject to hydrolysis) is 1. The highest BCUT2D eigenvalue weighted by atomic mass is 19.1. The predicted octanol–water partition coefficient (Wildman–Crippen LogP) is 4.25. The Morgan fingerprint density at radius 2 is 1.95 bits per heavy atom. The van der Waals surface area contributed by atoms with Crippen LogP contribution in [0.1, 0.15) is 54.6 Å². The first-order valence-corrected chi connectivity index (χ1v) is 14.6. The molecule has 2 amide bonds. The van der Waals surface area contributed by atoms with E-state index in [-0.39, 0.29) is 48.0 Å². The molecule has 0 bridgehead atoms. The van der Waals surface area contributed by atoms with Gasteiger partial charge in [0.15, 0.2) is 17.5 Å². The van der Waals surface area contributed by atoms with Gasteiger partial charge in [0.25, 0.3) is 5.91 Å². The van der Waals surface area contributed by atoms with E-state index >= 15 is 0 Å². The Labute approximate surface area is 251 Å². The average Bonchev–Trinajstić information content (AvgIpc) is 3.71. The average molecular weight is 607 g/mol. The maximum Gasteiger partial charge on any atom is 0.407 e. The van der Waals surface area contributed by atoms with E-state index in [1.165, 1.54) is 12.3 Å². The summed E-state index contributed by atoms with van der Waals surface area (Å²) in [6, 6.07) is 4.26. The van der Waals surface area contributed by atoms with Crippen LogP contribution < -0.4 is 16.0 Å². The lowest BCUT2D eigenvalue weighted by Crippen LogP contribution is -2.42. The van der Waals surface area contributed by atoms with E-state index in [2.05, 4.69) is 40.9 Å². The SMILES string of the molecule is O=C(NCC1CCCO1)OCc1ccnc(C(=O)N[C@H]2CCC[C@@H](Nc3nc(-c4c[nH]c5ncc(F)cc45)ncc3F)C2)c1. The fraction of sp³-hybridized carbons (Fsp3) is 0.400. The molecule has 1 aliphatic carbocycles. The topological polar surface area (TPSA) is 156 Å². The summed E-state index contributed by atoms with van der Waals surface area (Å²) >= 11 is 0. The lowest BCUT2D eigenvalue weighted by Gasteiger charge is -2.30. The number of ether oxygens (including phenoxy) is 2. The second-order valence-corrected chi connectivity index (χ2v) is 11.0. The molecule has 3 atom stereocenters. The molecule has 0 aromatic carbocycles. The molecular weight excluding hydrogens is 574 g/mol. The summed E-state index contributed by atoms with van der Waals surface area (Å²) < 4.78 is 39.3. The minimum atomic E-state index is -0.618. The number of H-pyrrole nitrogens is 1. The number of amides is 2. The van der Waals surface area contributed by atoms with E-state index in [4.69, 9.17) is 9.47 Å². The molecule has 14 heteroatoms. The molecule has 1 saturated heterocycles. The molecule has 4 aromatic heterocycles. The number of halogens is 2. The molecule has 2 fully saturated rings. The number of carbonyl (C=O) groups excluding carboxylic acids is 2. The maximum absolute atomic E-state index is 14.8. The summed E-state index contributed by atoms with van der Waals surface area (Å²) in [6.07, 6.45) is 9.50. The number of hydrogen-bond donors (Lipinski definition) is 4. The van der Waals surface area contributed by atoms with E-state index in [9.17, 15) is 18.4 Å². The quantitative estimate of drug-likeness (QED) is 0.219. The van der Waals surface area contributed by atoms with Crippen LogP contribution in [0.15, 0.2) is 43.0 Å². The van der Waals surface area contributed by atoms with E-state index in [0.717, 1.165) is 44.5 Å². The van der Waals surface area contributed by atoms with Crippen LogP contribution in [0.3, 0.4) is 0 Å². The third-order valence-electron chi connectivity index (χ3n) is 7.76. The molecule has 0 spiro atoms. The summed E-state index contributed by atoms with van der Waals surface area (Å²) in [5.41, 5.74) is 1.81. The van der Waals surface area contributed by atoms with Crippen molar-refractivity contribution in [2.24, 2.45) is 0 Å². The predicted molar refractivity (Wildman–Crippen MR) is 156 cm³/mol. The van der Waals surface area contributed by atoms with Gasteiger partial charge in [0.1, 0.15) is 23.8 Å². The van der Waals surface area contributed by atoms with Crippen molar-refractivity contribution in [2.75, 3.05) is 18.5 Å². The zero-order valence-corrected chi connectivity index (χ0v) is 23.8. The van der Waals surface area contributed by atoms with Crippen molar-refractivity contribution in [3.8, 4) is 11.4 Å². The molecule has 0 radical (unpaired) electrons. The van der Waals surface area contributed by atoms with Crippen LogP contribution in [0.5, 0.6) is 0 Å². The number of anilines is 1. The molecule has 4 aromatic rings. The van der Waals surface area contributed by atoms with Gasteiger partial charge in [0, 0.05) is 48.6 Å². The summed E-state index contributed by atoms with van der Waals surface area (Å²) in [5, 5.41) is 9.37. The largest absolute Gasteiger partial charge is 0.445 e. The van der Waals surface area contributed by atoms with Gasteiger partial charge >= 0.3 is 6.09 Å². The Balaban J connectivity index is 1.04. The number of nitrogens with one attached hydrogen (secondary N) is 4. The van der Waals surface area contributed by atoms with Crippen LogP contribution in [0.2, 0.25) is 0 Å². The van der Waals surface area contributed by atoms with E-state index in [1.807, 2.05) is 0 Å². The summed E-state index contributed by atoms with van der Waals surface area (Å²) in [4.78, 5) is 44.7. The fourth-order valence-corrected chi connectivity index (χ4v) is 5.56. The lowest BCUT2D eigenvalue weighted by atomic mass is 9.91. The van der Waals surface area contributed by atoms with Crippen LogP contribution in [-0.4, -0.2) is 68.3 Å². The molecule has 1 saturated carbocycles. The first-order chi connectivity index (χ1) is 21.4. The van der Waals surface area contributed by atoms with Crippen LogP contribution >= 0.6 is 0 Å². The smallest absolute Gasteiger partial charge is 0.407 e. The number of nitrogens with zero attached hydrogens (tertiary/aromatic N) is 4. The Morgan fingerprint density at radius 1 is 1.07 bits per heavy atom. The van der Waals surface area contributed by atoms with Crippen LogP contribution in [0.25, 0.3) is 22.4 Å². The number of carbonyl (C=O) groups is 2. The number of aromatic nitrogens is 5. The molecule has 5 heterocycles. The van der Waals surface area contributed by atoms with E-state index in [0.29, 0.717) is 41.7 Å². The minimum Gasteiger partial charge on any atom is -0.445 e. The normalized spacial score (nSPS) is 19.9. The summed E-state index contributed by atoms with van der Waals surface area (Å²) in [6.45, 7) is 1.09. The second-order valence-electron chi connectivity index (χ2n) is 11.0. The van der Waals surface area contributed by atoms with E-state index in [1.54, 1.807) is 18.3 Å². The van der Waals surface area contributed by atoms with Gasteiger partial charge in [-0.25, -0.2) is 28.5 Å².